The van der Waals surface area contributed by atoms with Crippen molar-refractivity contribution in [2.45, 2.75) is 52.7 Å². The summed E-state index contributed by atoms with van der Waals surface area (Å²) in [7, 11) is 0. The Bertz CT molecular complexity index is 1260. The third-order valence-electron chi connectivity index (χ3n) is 5.92. The standard InChI is InChI=1S/C24H30N6O3/c1-4-21(23-26-27-28-30(23)15-20-7-5-10-33-20)29(8-6-9-31)14-19-13-18-12-16(2)11-17(3)22(18)25-24(19)32/h5,7,10-13,21,31H,4,6,8-9,14-15H2,1-3H3,(H,25,32). The number of hydrogen-bond donors (Lipinski definition) is 2. The highest BCUT2D eigenvalue weighted by Crippen LogP contribution is 2.25. The first kappa shape index (κ1) is 22.9. The van der Waals surface area contributed by atoms with E-state index >= 15 is 0 Å². The number of rotatable bonds is 10. The lowest BCUT2D eigenvalue weighted by atomic mass is 10.0. The first-order chi connectivity index (χ1) is 16.0. The molecule has 1 aromatic carbocycles. The molecule has 0 bridgehead atoms. The molecular weight excluding hydrogens is 420 g/mol. The van der Waals surface area contributed by atoms with Crippen LogP contribution in [0.4, 0.5) is 0 Å². The summed E-state index contributed by atoms with van der Waals surface area (Å²) in [5, 5.41) is 22.9. The Morgan fingerprint density at radius 1 is 1.27 bits per heavy atom. The third-order valence-corrected chi connectivity index (χ3v) is 5.92. The van der Waals surface area contributed by atoms with Crippen molar-refractivity contribution in [1.29, 1.82) is 0 Å². The molecule has 4 rings (SSSR count). The van der Waals surface area contributed by atoms with Gasteiger partial charge in [0.05, 0.1) is 17.8 Å². The van der Waals surface area contributed by atoms with Crippen LogP contribution in [0, 0.1) is 13.8 Å². The highest BCUT2D eigenvalue weighted by molar-refractivity contribution is 5.82. The predicted molar refractivity (Wildman–Crippen MR) is 125 cm³/mol. The van der Waals surface area contributed by atoms with Crippen molar-refractivity contribution >= 4 is 10.9 Å². The van der Waals surface area contributed by atoms with Crippen LogP contribution < -0.4 is 5.56 Å². The molecule has 0 amide bonds. The molecule has 3 aromatic heterocycles. The molecule has 1 atom stereocenters. The number of benzene rings is 1. The summed E-state index contributed by atoms with van der Waals surface area (Å²) in [6.07, 6.45) is 2.95. The molecule has 9 nitrogen and oxygen atoms in total. The van der Waals surface area contributed by atoms with Gasteiger partial charge >= 0.3 is 0 Å². The summed E-state index contributed by atoms with van der Waals surface area (Å²) in [6.45, 7) is 7.64. The molecule has 4 aromatic rings. The van der Waals surface area contributed by atoms with Crippen LogP contribution in [-0.2, 0) is 13.1 Å². The van der Waals surface area contributed by atoms with E-state index in [4.69, 9.17) is 4.42 Å². The maximum atomic E-state index is 13.0. The number of aliphatic hydroxyl groups excluding tert-OH is 1. The quantitative estimate of drug-likeness (QED) is 0.382. The summed E-state index contributed by atoms with van der Waals surface area (Å²) < 4.78 is 7.20. The van der Waals surface area contributed by atoms with Gasteiger partial charge in [0.15, 0.2) is 5.82 Å². The average molecular weight is 451 g/mol. The molecule has 3 heterocycles. The smallest absolute Gasteiger partial charge is 0.252 e. The minimum Gasteiger partial charge on any atom is -0.467 e. The fraction of sp³-hybridized carbons (Fsp3) is 0.417. The van der Waals surface area contributed by atoms with Crippen LogP contribution in [-0.4, -0.2) is 48.3 Å². The van der Waals surface area contributed by atoms with E-state index in [1.807, 2.05) is 25.1 Å². The first-order valence-electron chi connectivity index (χ1n) is 11.3. The molecule has 174 valence electrons. The first-order valence-corrected chi connectivity index (χ1v) is 11.3. The monoisotopic (exact) mass is 450 g/mol. The Morgan fingerprint density at radius 2 is 2.12 bits per heavy atom. The number of nitrogens with one attached hydrogen (secondary N) is 1. The van der Waals surface area contributed by atoms with Crippen molar-refractivity contribution in [3.8, 4) is 0 Å². The van der Waals surface area contributed by atoms with E-state index < -0.39 is 0 Å². The number of hydrogen-bond acceptors (Lipinski definition) is 7. The number of H-pyrrole nitrogens is 1. The molecule has 0 aliphatic heterocycles. The van der Waals surface area contributed by atoms with Crippen molar-refractivity contribution < 1.29 is 9.52 Å². The van der Waals surface area contributed by atoms with Gasteiger partial charge in [0.25, 0.3) is 5.56 Å². The van der Waals surface area contributed by atoms with Crippen molar-refractivity contribution in [3.05, 3.63) is 75.2 Å². The van der Waals surface area contributed by atoms with Crippen molar-refractivity contribution in [2.75, 3.05) is 13.2 Å². The molecule has 33 heavy (non-hydrogen) atoms. The van der Waals surface area contributed by atoms with Gasteiger partial charge in [0, 0.05) is 25.3 Å². The minimum atomic E-state index is -0.129. The zero-order valence-corrected chi connectivity index (χ0v) is 19.3. The fourth-order valence-electron chi connectivity index (χ4n) is 4.40. The van der Waals surface area contributed by atoms with Crippen LogP contribution in [0.25, 0.3) is 10.9 Å². The molecule has 0 saturated carbocycles. The van der Waals surface area contributed by atoms with Gasteiger partial charge in [-0.05, 0) is 72.3 Å². The van der Waals surface area contributed by atoms with Crippen LogP contribution in [0.5, 0.6) is 0 Å². The van der Waals surface area contributed by atoms with Crippen molar-refractivity contribution in [2.24, 2.45) is 0 Å². The number of tetrazole rings is 1. The Balaban J connectivity index is 1.68. The number of aromatic nitrogens is 5. The van der Waals surface area contributed by atoms with Gasteiger partial charge in [0.1, 0.15) is 12.3 Å². The minimum absolute atomic E-state index is 0.0662. The van der Waals surface area contributed by atoms with Crippen molar-refractivity contribution in [1.82, 2.24) is 30.1 Å². The summed E-state index contributed by atoms with van der Waals surface area (Å²) in [5.74, 6) is 1.47. The summed E-state index contributed by atoms with van der Waals surface area (Å²) >= 11 is 0. The SMILES string of the molecule is CCC(c1nnnn1Cc1ccco1)N(CCCO)Cc1cc2cc(C)cc(C)c2[nH]c1=O. The molecule has 0 aliphatic rings. The van der Waals surface area contributed by atoms with E-state index in [1.165, 1.54) is 0 Å². The predicted octanol–water partition coefficient (Wildman–Crippen LogP) is 3.11. The second-order valence-electron chi connectivity index (χ2n) is 8.42. The van der Waals surface area contributed by atoms with Crippen LogP contribution in [0.3, 0.4) is 0 Å². The lowest BCUT2D eigenvalue weighted by molar-refractivity contribution is 0.152. The second kappa shape index (κ2) is 10.1. The highest BCUT2D eigenvalue weighted by Gasteiger charge is 2.26. The lowest BCUT2D eigenvalue weighted by Gasteiger charge is -2.30. The highest BCUT2D eigenvalue weighted by atomic mass is 16.3. The van der Waals surface area contributed by atoms with E-state index in [1.54, 1.807) is 10.9 Å². The Labute approximate surface area is 192 Å². The maximum Gasteiger partial charge on any atom is 0.252 e. The zero-order chi connectivity index (χ0) is 23.4. The summed E-state index contributed by atoms with van der Waals surface area (Å²) in [4.78, 5) is 18.2. The molecule has 0 fully saturated rings. The number of furan rings is 1. The molecule has 0 saturated heterocycles. The third kappa shape index (κ3) is 5.04. The normalized spacial score (nSPS) is 12.6. The van der Waals surface area contributed by atoms with Gasteiger partial charge < -0.3 is 14.5 Å². The van der Waals surface area contributed by atoms with E-state index in [2.05, 4.69) is 51.4 Å². The topological polar surface area (TPSA) is 113 Å². The largest absolute Gasteiger partial charge is 0.467 e. The van der Waals surface area contributed by atoms with Gasteiger partial charge in [-0.3, -0.25) is 9.69 Å². The van der Waals surface area contributed by atoms with Gasteiger partial charge in [0.2, 0.25) is 0 Å². The second-order valence-corrected chi connectivity index (χ2v) is 8.42. The number of fused-ring (bicyclic) bond motifs is 1. The number of aliphatic hydroxyl groups is 1. The van der Waals surface area contributed by atoms with E-state index in [0.717, 1.165) is 34.2 Å². The van der Waals surface area contributed by atoms with E-state index in [0.29, 0.717) is 37.4 Å². The molecule has 9 heteroatoms. The average Bonchev–Trinajstić information content (AvgIpc) is 3.46. The van der Waals surface area contributed by atoms with Gasteiger partial charge in [-0.25, -0.2) is 4.68 Å². The summed E-state index contributed by atoms with van der Waals surface area (Å²) in [6, 6.07) is 9.71. The fourth-order valence-corrected chi connectivity index (χ4v) is 4.40. The Kier molecular flexibility index (Phi) is 7.00. The lowest BCUT2D eigenvalue weighted by Crippen LogP contribution is -2.34. The number of aryl methyl sites for hydroxylation is 2. The van der Waals surface area contributed by atoms with Crippen LogP contribution in [0.2, 0.25) is 0 Å². The number of nitrogens with zero attached hydrogens (tertiary/aromatic N) is 5. The molecule has 1 unspecified atom stereocenters. The van der Waals surface area contributed by atoms with Gasteiger partial charge in [-0.15, -0.1) is 5.10 Å². The number of pyridine rings is 1. The van der Waals surface area contributed by atoms with E-state index in [9.17, 15) is 9.90 Å². The van der Waals surface area contributed by atoms with E-state index in [-0.39, 0.29) is 18.2 Å². The van der Waals surface area contributed by atoms with Gasteiger partial charge in [-0.2, -0.15) is 0 Å². The molecule has 2 N–H and O–H groups in total. The molecule has 0 spiro atoms. The van der Waals surface area contributed by atoms with Gasteiger partial charge in [-0.1, -0.05) is 18.6 Å². The zero-order valence-electron chi connectivity index (χ0n) is 19.3. The molecule has 0 radical (unpaired) electrons. The van der Waals surface area contributed by atoms with Crippen LogP contribution in [0.15, 0.2) is 45.8 Å². The molecular formula is C24H30N6O3. The molecule has 0 aliphatic carbocycles. The Hall–Kier alpha value is -3.30. The number of aromatic amines is 1. The maximum absolute atomic E-state index is 13.0. The summed E-state index contributed by atoms with van der Waals surface area (Å²) in [5.41, 5.74) is 3.64. The van der Waals surface area contributed by atoms with Crippen LogP contribution >= 0.6 is 0 Å². The van der Waals surface area contributed by atoms with Crippen molar-refractivity contribution in [3.63, 3.8) is 0 Å². The Morgan fingerprint density at radius 3 is 2.85 bits per heavy atom. The van der Waals surface area contributed by atoms with Crippen LogP contribution in [0.1, 0.15) is 54.1 Å².